The molecule has 144 valence electrons. The first-order valence-electron chi connectivity index (χ1n) is 9.26. The number of rotatable bonds is 5. The second-order valence-corrected chi connectivity index (χ2v) is 6.68. The molecule has 0 radical (unpaired) electrons. The van der Waals surface area contributed by atoms with E-state index < -0.39 is 0 Å². The number of carbonyl (C=O) groups excluding carboxylic acids is 1. The van der Waals surface area contributed by atoms with Crippen LogP contribution < -0.4 is 15.0 Å². The van der Waals surface area contributed by atoms with Crippen LogP contribution in [0, 0.1) is 5.92 Å². The summed E-state index contributed by atoms with van der Waals surface area (Å²) in [4.78, 5) is 14.7. The second-order valence-electron chi connectivity index (χ2n) is 6.68. The number of nitrogens with zero attached hydrogens (tertiary/aromatic N) is 5. The summed E-state index contributed by atoms with van der Waals surface area (Å²) in [6.45, 7) is 1.55. The summed E-state index contributed by atoms with van der Waals surface area (Å²) in [5, 5.41) is 15.7. The summed E-state index contributed by atoms with van der Waals surface area (Å²) in [7, 11) is 1.62. The quantitative estimate of drug-likeness (QED) is 0.734. The summed E-state index contributed by atoms with van der Waals surface area (Å²) < 4.78 is 6.81. The van der Waals surface area contributed by atoms with E-state index in [2.05, 4.69) is 25.5 Å². The zero-order valence-corrected chi connectivity index (χ0v) is 15.7. The highest BCUT2D eigenvalue weighted by atomic mass is 16.5. The molecule has 4 rings (SSSR count). The second kappa shape index (κ2) is 8.08. The number of nitrogens with one attached hydrogen (secondary N) is 1. The minimum Gasteiger partial charge on any atom is -0.497 e. The summed E-state index contributed by atoms with van der Waals surface area (Å²) in [5.74, 6) is 2.33. The first kappa shape index (κ1) is 18.0. The van der Waals surface area contributed by atoms with Gasteiger partial charge in [0.1, 0.15) is 5.75 Å². The van der Waals surface area contributed by atoms with Crippen molar-refractivity contribution in [3.05, 3.63) is 54.9 Å². The van der Waals surface area contributed by atoms with E-state index in [4.69, 9.17) is 4.74 Å². The number of hydrogen-bond donors (Lipinski definition) is 1. The molecule has 2 aromatic heterocycles. The van der Waals surface area contributed by atoms with Gasteiger partial charge in [-0.15, -0.1) is 10.2 Å². The normalized spacial score (nSPS) is 14.7. The van der Waals surface area contributed by atoms with Crippen LogP contribution in [0.2, 0.25) is 0 Å². The summed E-state index contributed by atoms with van der Waals surface area (Å²) >= 11 is 0. The lowest BCUT2D eigenvalue weighted by atomic mass is 9.96. The van der Waals surface area contributed by atoms with E-state index in [9.17, 15) is 4.79 Å². The highest BCUT2D eigenvalue weighted by Gasteiger charge is 2.26. The van der Waals surface area contributed by atoms with Crippen LogP contribution in [0.5, 0.6) is 5.75 Å². The fraction of sp³-hybridized carbons (Fsp3) is 0.300. The molecule has 0 aliphatic carbocycles. The van der Waals surface area contributed by atoms with Gasteiger partial charge in [0.25, 0.3) is 0 Å². The van der Waals surface area contributed by atoms with Crippen LogP contribution in [-0.4, -0.2) is 46.1 Å². The molecule has 0 unspecified atom stereocenters. The van der Waals surface area contributed by atoms with Gasteiger partial charge in [-0.05, 0) is 55.3 Å². The zero-order chi connectivity index (χ0) is 19.3. The predicted octanol–water partition coefficient (Wildman–Crippen LogP) is 2.53. The number of amides is 1. The number of methoxy groups -OCH3 is 1. The SMILES string of the molecule is COc1ccc(NC(=O)C2CCN(c3ccc(-n4cccn4)nn3)CC2)cc1. The lowest BCUT2D eigenvalue weighted by Gasteiger charge is -2.31. The van der Waals surface area contributed by atoms with Crippen LogP contribution in [0.1, 0.15) is 12.8 Å². The summed E-state index contributed by atoms with van der Waals surface area (Å²) in [6.07, 6.45) is 5.10. The highest BCUT2D eigenvalue weighted by molar-refractivity contribution is 5.92. The van der Waals surface area contributed by atoms with Gasteiger partial charge in [-0.3, -0.25) is 4.79 Å². The van der Waals surface area contributed by atoms with Crippen LogP contribution in [0.3, 0.4) is 0 Å². The summed E-state index contributed by atoms with van der Waals surface area (Å²) in [5.41, 5.74) is 0.785. The topological polar surface area (TPSA) is 85.2 Å². The van der Waals surface area contributed by atoms with Gasteiger partial charge in [0.05, 0.1) is 7.11 Å². The van der Waals surface area contributed by atoms with Gasteiger partial charge < -0.3 is 15.0 Å². The van der Waals surface area contributed by atoms with Crippen molar-refractivity contribution in [2.45, 2.75) is 12.8 Å². The molecule has 1 aromatic carbocycles. The molecule has 1 aliphatic heterocycles. The number of hydrogen-bond acceptors (Lipinski definition) is 6. The van der Waals surface area contributed by atoms with Crippen molar-refractivity contribution in [3.8, 4) is 11.6 Å². The number of aromatic nitrogens is 4. The third kappa shape index (κ3) is 3.95. The van der Waals surface area contributed by atoms with E-state index in [1.807, 2.05) is 48.7 Å². The molecule has 3 aromatic rings. The molecule has 1 amide bonds. The van der Waals surface area contributed by atoms with Crippen LogP contribution in [-0.2, 0) is 4.79 Å². The van der Waals surface area contributed by atoms with Crippen LogP contribution in [0.25, 0.3) is 5.82 Å². The lowest BCUT2D eigenvalue weighted by Crippen LogP contribution is -2.38. The average molecular weight is 378 g/mol. The summed E-state index contributed by atoms with van der Waals surface area (Å²) in [6, 6.07) is 13.1. The Morgan fingerprint density at radius 1 is 1.07 bits per heavy atom. The van der Waals surface area contributed by atoms with E-state index >= 15 is 0 Å². The molecule has 8 nitrogen and oxygen atoms in total. The lowest BCUT2D eigenvalue weighted by molar-refractivity contribution is -0.120. The molecular formula is C20H22N6O2. The Morgan fingerprint density at radius 2 is 1.79 bits per heavy atom. The minimum absolute atomic E-state index is 0.00495. The number of carbonyl (C=O) groups is 1. The highest BCUT2D eigenvalue weighted by Crippen LogP contribution is 2.23. The largest absolute Gasteiger partial charge is 0.497 e. The van der Waals surface area contributed by atoms with Crippen molar-refractivity contribution in [2.24, 2.45) is 5.92 Å². The van der Waals surface area contributed by atoms with E-state index in [-0.39, 0.29) is 11.8 Å². The minimum atomic E-state index is -0.00495. The molecule has 1 saturated heterocycles. The Morgan fingerprint density at radius 3 is 2.39 bits per heavy atom. The van der Waals surface area contributed by atoms with Crippen molar-refractivity contribution in [1.29, 1.82) is 0 Å². The molecular weight excluding hydrogens is 356 g/mol. The molecule has 28 heavy (non-hydrogen) atoms. The Labute approximate surface area is 163 Å². The molecule has 8 heteroatoms. The third-order valence-electron chi connectivity index (χ3n) is 4.92. The van der Waals surface area contributed by atoms with Gasteiger partial charge in [-0.1, -0.05) is 0 Å². The molecule has 0 atom stereocenters. The monoisotopic (exact) mass is 378 g/mol. The van der Waals surface area contributed by atoms with E-state index in [1.165, 1.54) is 0 Å². The number of benzene rings is 1. The number of ether oxygens (including phenoxy) is 1. The maximum Gasteiger partial charge on any atom is 0.227 e. The Bertz CT molecular complexity index is 901. The smallest absolute Gasteiger partial charge is 0.227 e. The van der Waals surface area contributed by atoms with Gasteiger partial charge in [0, 0.05) is 37.1 Å². The first-order chi connectivity index (χ1) is 13.7. The van der Waals surface area contributed by atoms with Crippen molar-refractivity contribution in [1.82, 2.24) is 20.0 Å². The fourth-order valence-electron chi connectivity index (χ4n) is 3.30. The molecule has 1 aliphatic rings. The zero-order valence-electron chi connectivity index (χ0n) is 15.7. The van der Waals surface area contributed by atoms with Crippen molar-refractivity contribution in [2.75, 3.05) is 30.4 Å². The van der Waals surface area contributed by atoms with E-state index in [0.29, 0.717) is 5.82 Å². The first-order valence-corrected chi connectivity index (χ1v) is 9.26. The molecule has 3 heterocycles. The third-order valence-corrected chi connectivity index (χ3v) is 4.92. The molecule has 0 spiro atoms. The van der Waals surface area contributed by atoms with Crippen LogP contribution in [0.15, 0.2) is 54.9 Å². The van der Waals surface area contributed by atoms with Gasteiger partial charge >= 0.3 is 0 Å². The molecule has 1 fully saturated rings. The van der Waals surface area contributed by atoms with Gasteiger partial charge in [0.15, 0.2) is 11.6 Å². The molecule has 0 saturated carbocycles. The van der Waals surface area contributed by atoms with Crippen molar-refractivity contribution in [3.63, 3.8) is 0 Å². The van der Waals surface area contributed by atoms with Crippen LogP contribution in [0.4, 0.5) is 11.5 Å². The maximum atomic E-state index is 12.5. The van der Waals surface area contributed by atoms with E-state index in [0.717, 1.165) is 43.2 Å². The van der Waals surface area contributed by atoms with Gasteiger partial charge in [-0.2, -0.15) is 5.10 Å². The van der Waals surface area contributed by atoms with Crippen LogP contribution >= 0.6 is 0 Å². The average Bonchev–Trinajstić information content (AvgIpc) is 3.29. The Hall–Kier alpha value is -3.42. The predicted molar refractivity (Wildman–Crippen MR) is 106 cm³/mol. The van der Waals surface area contributed by atoms with E-state index in [1.54, 1.807) is 18.0 Å². The number of anilines is 2. The maximum absolute atomic E-state index is 12.5. The van der Waals surface area contributed by atoms with Gasteiger partial charge in [0.2, 0.25) is 5.91 Å². The fourth-order valence-corrected chi connectivity index (χ4v) is 3.30. The number of piperidine rings is 1. The standard InChI is InChI=1S/C20H22N6O2/c1-28-17-5-3-16(4-6-17)22-20(27)15-9-13-25(14-10-15)18-7-8-19(24-23-18)26-12-2-11-21-26/h2-8,11-12,15H,9-10,13-14H2,1H3,(H,22,27). The van der Waals surface area contributed by atoms with Crippen molar-refractivity contribution >= 4 is 17.4 Å². The molecule has 0 bridgehead atoms. The Kier molecular flexibility index (Phi) is 5.18. The van der Waals surface area contributed by atoms with Gasteiger partial charge in [-0.25, -0.2) is 4.68 Å². The Balaban J connectivity index is 1.31. The van der Waals surface area contributed by atoms with Crippen molar-refractivity contribution < 1.29 is 9.53 Å². The molecule has 1 N–H and O–H groups in total.